The van der Waals surface area contributed by atoms with Crippen molar-refractivity contribution in [3.05, 3.63) is 69.8 Å². The topological polar surface area (TPSA) is 112 Å². The maximum Gasteiger partial charge on any atom is 0.331 e. The second kappa shape index (κ2) is 9.58. The van der Waals surface area contributed by atoms with Crippen LogP contribution in [0.3, 0.4) is 0 Å². The highest BCUT2D eigenvalue weighted by molar-refractivity contribution is 5.87. The number of carbonyl (C=O) groups excluding carboxylic acids is 1. The van der Waals surface area contributed by atoms with Gasteiger partial charge in [0.25, 0.3) is 5.69 Å². The van der Waals surface area contributed by atoms with Gasteiger partial charge in [-0.05, 0) is 41.5 Å². The second-order valence-electron chi connectivity index (χ2n) is 5.22. The summed E-state index contributed by atoms with van der Waals surface area (Å²) in [4.78, 5) is 21.9. The number of nitro benzene ring substituents is 1. The van der Waals surface area contributed by atoms with Crippen LogP contribution in [0.2, 0.25) is 0 Å². The molecule has 0 N–H and O–H groups in total. The van der Waals surface area contributed by atoms with E-state index in [-0.39, 0.29) is 18.9 Å². The lowest BCUT2D eigenvalue weighted by Gasteiger charge is -2.08. The maximum absolute atomic E-state index is 11.8. The summed E-state index contributed by atoms with van der Waals surface area (Å²) < 4.78 is 15.5. The van der Waals surface area contributed by atoms with Gasteiger partial charge in [-0.25, -0.2) is 4.79 Å². The van der Waals surface area contributed by atoms with Gasteiger partial charge in [0, 0.05) is 18.2 Å². The van der Waals surface area contributed by atoms with Crippen molar-refractivity contribution in [3.63, 3.8) is 0 Å². The fourth-order valence-corrected chi connectivity index (χ4v) is 2.10. The van der Waals surface area contributed by atoms with E-state index in [0.29, 0.717) is 22.6 Å². The fourth-order valence-electron chi connectivity index (χ4n) is 2.10. The number of carbonyl (C=O) groups is 1. The number of methoxy groups -OCH3 is 1. The normalized spacial score (nSPS) is 10.2. The first-order valence-corrected chi connectivity index (χ1v) is 7.79. The molecule has 0 saturated carbocycles. The summed E-state index contributed by atoms with van der Waals surface area (Å²) in [7, 11) is 1.47. The van der Waals surface area contributed by atoms with Crippen molar-refractivity contribution >= 4 is 17.7 Å². The zero-order chi connectivity index (χ0) is 19.6. The average Bonchev–Trinajstić information content (AvgIpc) is 2.69. The van der Waals surface area contributed by atoms with E-state index < -0.39 is 10.9 Å². The van der Waals surface area contributed by atoms with Crippen molar-refractivity contribution in [1.82, 2.24) is 0 Å². The predicted octanol–water partition coefficient (Wildman–Crippen LogP) is 3.26. The molecule has 2 aromatic carbocycles. The first kappa shape index (κ1) is 19.5. The molecule has 8 nitrogen and oxygen atoms in total. The Bertz CT molecular complexity index is 884. The Labute approximate surface area is 155 Å². The van der Waals surface area contributed by atoms with Gasteiger partial charge in [-0.3, -0.25) is 10.1 Å². The molecular formula is C19H16N2O6. The van der Waals surface area contributed by atoms with Gasteiger partial charge in [0.05, 0.1) is 12.0 Å². The minimum absolute atomic E-state index is 0.00538. The zero-order valence-electron chi connectivity index (χ0n) is 14.5. The highest BCUT2D eigenvalue weighted by atomic mass is 16.6. The molecule has 0 aliphatic rings. The minimum Gasteiger partial charge on any atom is -0.493 e. The highest BCUT2D eigenvalue weighted by Gasteiger charge is 2.06. The number of benzene rings is 2. The predicted molar refractivity (Wildman–Crippen MR) is 96.0 cm³/mol. The number of hydrogen-bond acceptors (Lipinski definition) is 7. The van der Waals surface area contributed by atoms with E-state index in [1.165, 1.54) is 37.5 Å². The average molecular weight is 368 g/mol. The van der Waals surface area contributed by atoms with Crippen molar-refractivity contribution in [2.75, 3.05) is 13.7 Å². The van der Waals surface area contributed by atoms with E-state index >= 15 is 0 Å². The summed E-state index contributed by atoms with van der Waals surface area (Å²) in [5, 5.41) is 19.2. The molecule has 0 bridgehead atoms. The largest absolute Gasteiger partial charge is 0.493 e. The van der Waals surface area contributed by atoms with Gasteiger partial charge < -0.3 is 14.2 Å². The maximum atomic E-state index is 11.8. The molecule has 0 saturated heterocycles. The quantitative estimate of drug-likeness (QED) is 0.304. The Kier molecular flexibility index (Phi) is 6.91. The summed E-state index contributed by atoms with van der Waals surface area (Å²) in [5.74, 6) is 0.306. The van der Waals surface area contributed by atoms with E-state index in [9.17, 15) is 14.9 Å². The van der Waals surface area contributed by atoms with Crippen LogP contribution in [0.25, 0.3) is 6.08 Å². The molecule has 0 atom stereocenters. The Morgan fingerprint density at radius 1 is 1.22 bits per heavy atom. The van der Waals surface area contributed by atoms with Crippen LogP contribution in [0.4, 0.5) is 5.69 Å². The van der Waals surface area contributed by atoms with E-state index in [0.717, 1.165) is 0 Å². The number of rotatable bonds is 8. The summed E-state index contributed by atoms with van der Waals surface area (Å²) >= 11 is 0. The monoisotopic (exact) mass is 368 g/mol. The molecule has 0 aromatic heterocycles. The van der Waals surface area contributed by atoms with Crippen LogP contribution in [-0.4, -0.2) is 24.6 Å². The molecule has 2 rings (SSSR count). The molecule has 0 heterocycles. The van der Waals surface area contributed by atoms with Gasteiger partial charge in [0.15, 0.2) is 18.1 Å². The summed E-state index contributed by atoms with van der Waals surface area (Å²) in [5.41, 5.74) is 1.30. The molecule has 0 unspecified atom stereocenters. The zero-order valence-corrected chi connectivity index (χ0v) is 14.5. The highest BCUT2D eigenvalue weighted by Crippen LogP contribution is 2.28. The molecule has 138 valence electrons. The van der Waals surface area contributed by atoms with Crippen molar-refractivity contribution in [2.24, 2.45) is 0 Å². The molecule has 0 fully saturated rings. The summed E-state index contributed by atoms with van der Waals surface area (Å²) in [6.07, 6.45) is 2.81. The van der Waals surface area contributed by atoms with Crippen LogP contribution >= 0.6 is 0 Å². The number of nitriles is 1. The number of hydrogen-bond donors (Lipinski definition) is 0. The summed E-state index contributed by atoms with van der Waals surface area (Å²) in [6.45, 7) is -0.0913. The molecule has 0 radical (unpaired) electrons. The lowest BCUT2D eigenvalue weighted by atomic mass is 10.2. The van der Waals surface area contributed by atoms with Gasteiger partial charge in [-0.15, -0.1) is 0 Å². The second-order valence-corrected chi connectivity index (χ2v) is 5.22. The molecule has 0 aliphatic heterocycles. The molecule has 8 heteroatoms. The van der Waals surface area contributed by atoms with Crippen LogP contribution in [-0.2, 0) is 16.1 Å². The van der Waals surface area contributed by atoms with E-state index in [2.05, 4.69) is 0 Å². The SMILES string of the molecule is COc1cc(C=CC(=O)OCc2ccc([N+](=O)[O-])cc2)ccc1OCC#N. The van der Waals surface area contributed by atoms with Gasteiger partial charge >= 0.3 is 5.97 Å². The van der Waals surface area contributed by atoms with Gasteiger partial charge in [-0.1, -0.05) is 6.07 Å². The van der Waals surface area contributed by atoms with Gasteiger partial charge in [0.2, 0.25) is 0 Å². The van der Waals surface area contributed by atoms with Crippen molar-refractivity contribution in [1.29, 1.82) is 5.26 Å². The standard InChI is InChI=1S/C19H16N2O6/c1-25-18-12-14(4-8-17(18)26-11-10-20)5-9-19(22)27-13-15-2-6-16(7-3-15)21(23)24/h2-9,12H,11,13H2,1H3. The van der Waals surface area contributed by atoms with Crippen LogP contribution in [0, 0.1) is 21.4 Å². The van der Waals surface area contributed by atoms with E-state index in [4.69, 9.17) is 19.5 Å². The third kappa shape index (κ3) is 5.86. The summed E-state index contributed by atoms with van der Waals surface area (Å²) in [6, 6.07) is 12.6. The van der Waals surface area contributed by atoms with Crippen LogP contribution < -0.4 is 9.47 Å². The van der Waals surface area contributed by atoms with E-state index in [1.54, 1.807) is 24.3 Å². The smallest absolute Gasteiger partial charge is 0.331 e. The number of esters is 1. The molecular weight excluding hydrogens is 352 g/mol. The Morgan fingerprint density at radius 2 is 1.96 bits per heavy atom. The number of nitro groups is 1. The Balaban J connectivity index is 1.93. The Hall–Kier alpha value is -3.86. The van der Waals surface area contributed by atoms with Crippen molar-refractivity contribution in [2.45, 2.75) is 6.61 Å². The number of non-ortho nitro benzene ring substituents is 1. The third-order valence-corrected chi connectivity index (χ3v) is 3.42. The lowest BCUT2D eigenvalue weighted by Crippen LogP contribution is -2.01. The fraction of sp³-hybridized carbons (Fsp3) is 0.158. The molecule has 0 aliphatic carbocycles. The Morgan fingerprint density at radius 3 is 2.59 bits per heavy atom. The molecule has 27 heavy (non-hydrogen) atoms. The van der Waals surface area contributed by atoms with Crippen molar-refractivity contribution < 1.29 is 23.9 Å². The van der Waals surface area contributed by atoms with Crippen LogP contribution in [0.1, 0.15) is 11.1 Å². The van der Waals surface area contributed by atoms with Crippen LogP contribution in [0.5, 0.6) is 11.5 Å². The van der Waals surface area contributed by atoms with Crippen LogP contribution in [0.15, 0.2) is 48.5 Å². The van der Waals surface area contributed by atoms with Gasteiger partial charge in [0.1, 0.15) is 12.7 Å². The molecule has 2 aromatic rings. The number of nitrogens with zero attached hydrogens (tertiary/aromatic N) is 2. The van der Waals surface area contributed by atoms with Gasteiger partial charge in [-0.2, -0.15) is 5.26 Å². The first-order chi connectivity index (χ1) is 13.0. The van der Waals surface area contributed by atoms with E-state index in [1.807, 2.05) is 6.07 Å². The first-order valence-electron chi connectivity index (χ1n) is 7.79. The molecule has 0 spiro atoms. The third-order valence-electron chi connectivity index (χ3n) is 3.42. The minimum atomic E-state index is -0.558. The lowest BCUT2D eigenvalue weighted by molar-refractivity contribution is -0.384. The molecule has 0 amide bonds. The number of ether oxygens (including phenoxy) is 3. The van der Waals surface area contributed by atoms with Crippen molar-refractivity contribution in [3.8, 4) is 17.6 Å².